The Labute approximate surface area is 66.6 Å². The third-order valence-corrected chi connectivity index (χ3v) is 3.94. The summed E-state index contributed by atoms with van der Waals surface area (Å²) in [6.07, 6.45) is 3.83. The van der Waals surface area contributed by atoms with Crippen molar-refractivity contribution in [1.82, 2.24) is 4.90 Å². The molecule has 0 unspecified atom stereocenters. The van der Waals surface area contributed by atoms with Gasteiger partial charge in [-0.05, 0) is 31.1 Å². The molecule has 1 amide bonds. The normalized spacial score (nSPS) is 52.8. The van der Waals surface area contributed by atoms with Crippen LogP contribution in [0.15, 0.2) is 0 Å². The Morgan fingerprint density at radius 2 is 2.18 bits per heavy atom. The van der Waals surface area contributed by atoms with Crippen molar-refractivity contribution in [3.05, 3.63) is 0 Å². The highest BCUT2D eigenvalue weighted by molar-refractivity contribution is 5.82. The highest BCUT2D eigenvalue weighted by Crippen LogP contribution is 2.54. The maximum atomic E-state index is 11.5. The van der Waals surface area contributed by atoms with Crippen molar-refractivity contribution >= 4 is 5.91 Å². The van der Waals surface area contributed by atoms with Crippen molar-refractivity contribution in [3.8, 4) is 0 Å². The first-order valence-corrected chi connectivity index (χ1v) is 4.54. The highest BCUT2D eigenvalue weighted by atomic mass is 16.2. The molecule has 4 atom stereocenters. The molecule has 3 rings (SSSR count). The number of nitrogens with zero attached hydrogens (tertiary/aromatic N) is 1. The summed E-state index contributed by atoms with van der Waals surface area (Å²) in [5, 5.41) is 0. The van der Waals surface area contributed by atoms with Gasteiger partial charge in [-0.3, -0.25) is 4.79 Å². The summed E-state index contributed by atoms with van der Waals surface area (Å²) in [6.45, 7) is 0. The second kappa shape index (κ2) is 1.62. The smallest absolute Gasteiger partial charge is 0.226 e. The Hall–Kier alpha value is -0.530. The molecule has 2 saturated carbocycles. The minimum absolute atomic E-state index is 0.431. The van der Waals surface area contributed by atoms with Gasteiger partial charge >= 0.3 is 0 Å². The monoisotopic (exact) mass is 151 g/mol. The number of fused-ring (bicyclic) bond motifs is 1. The molecule has 2 nitrogen and oxygen atoms in total. The minimum atomic E-state index is 0.431. The summed E-state index contributed by atoms with van der Waals surface area (Å²) in [5.74, 6) is 2.50. The number of rotatable bonds is 0. The lowest BCUT2D eigenvalue weighted by atomic mass is 9.90. The Bertz CT molecular complexity index is 226. The van der Waals surface area contributed by atoms with Crippen LogP contribution in [0, 0.1) is 17.8 Å². The zero-order chi connectivity index (χ0) is 7.59. The summed E-state index contributed by atoms with van der Waals surface area (Å²) < 4.78 is 0. The lowest BCUT2D eigenvalue weighted by Crippen LogP contribution is -2.28. The third kappa shape index (κ3) is 0.534. The van der Waals surface area contributed by atoms with Crippen LogP contribution in [0.1, 0.15) is 19.3 Å². The number of carbonyl (C=O) groups is 1. The average molecular weight is 151 g/mol. The summed E-state index contributed by atoms with van der Waals surface area (Å²) in [4.78, 5) is 13.6. The Kier molecular flexibility index (Phi) is 0.890. The fraction of sp³-hybridized carbons (Fsp3) is 0.889. The number of hydrogen-bond acceptors (Lipinski definition) is 1. The van der Waals surface area contributed by atoms with E-state index in [1.54, 1.807) is 0 Å². The lowest BCUT2D eigenvalue weighted by molar-refractivity contribution is -0.130. The van der Waals surface area contributed by atoms with E-state index in [0.717, 1.165) is 11.8 Å². The first-order valence-electron chi connectivity index (χ1n) is 4.54. The maximum absolute atomic E-state index is 11.5. The van der Waals surface area contributed by atoms with Crippen molar-refractivity contribution in [2.75, 3.05) is 7.05 Å². The Morgan fingerprint density at radius 3 is 2.73 bits per heavy atom. The number of carbonyl (C=O) groups excluding carboxylic acids is 1. The van der Waals surface area contributed by atoms with Crippen LogP contribution in [0.2, 0.25) is 0 Å². The molecule has 2 bridgehead atoms. The van der Waals surface area contributed by atoms with Gasteiger partial charge in [0.15, 0.2) is 0 Å². The van der Waals surface area contributed by atoms with Gasteiger partial charge in [-0.25, -0.2) is 0 Å². The molecule has 2 aliphatic carbocycles. The zero-order valence-electron chi connectivity index (χ0n) is 6.79. The van der Waals surface area contributed by atoms with Crippen molar-refractivity contribution < 1.29 is 4.79 Å². The van der Waals surface area contributed by atoms with Gasteiger partial charge in [0.2, 0.25) is 5.91 Å². The van der Waals surface area contributed by atoms with E-state index < -0.39 is 0 Å². The molecule has 3 aliphatic rings. The SMILES string of the molecule is CN1C(=O)[C@H]2C[C@H]3C[C@H]2[C@@H]1C3. The van der Waals surface area contributed by atoms with Gasteiger partial charge in [0.05, 0.1) is 0 Å². The van der Waals surface area contributed by atoms with Crippen LogP contribution >= 0.6 is 0 Å². The van der Waals surface area contributed by atoms with Gasteiger partial charge in [0.1, 0.15) is 0 Å². The van der Waals surface area contributed by atoms with Crippen LogP contribution in [0.5, 0.6) is 0 Å². The average Bonchev–Trinajstić information content (AvgIpc) is 2.60. The van der Waals surface area contributed by atoms with Crippen molar-refractivity contribution in [2.45, 2.75) is 25.3 Å². The molecule has 1 aliphatic heterocycles. The van der Waals surface area contributed by atoms with Gasteiger partial charge in [0, 0.05) is 19.0 Å². The predicted molar refractivity (Wildman–Crippen MR) is 40.9 cm³/mol. The van der Waals surface area contributed by atoms with Gasteiger partial charge in [-0.15, -0.1) is 0 Å². The Morgan fingerprint density at radius 1 is 1.36 bits per heavy atom. The summed E-state index contributed by atoms with van der Waals surface area (Å²) >= 11 is 0. The van der Waals surface area contributed by atoms with Gasteiger partial charge in [-0.2, -0.15) is 0 Å². The Balaban J connectivity index is 2.05. The van der Waals surface area contributed by atoms with Gasteiger partial charge < -0.3 is 4.90 Å². The molecule has 1 heterocycles. The third-order valence-electron chi connectivity index (χ3n) is 3.94. The fourth-order valence-electron chi connectivity index (χ4n) is 3.47. The van der Waals surface area contributed by atoms with E-state index in [9.17, 15) is 4.79 Å². The largest absolute Gasteiger partial charge is 0.342 e. The molecule has 0 radical (unpaired) electrons. The van der Waals surface area contributed by atoms with E-state index in [-0.39, 0.29) is 0 Å². The standard InChI is InChI=1S/C9H13NO/c1-10-8-4-5-2-6(8)7(3-5)9(10)11/h5-8H,2-4H2,1H3/t5-,6-,7+,8+/m1/s1. The fourth-order valence-corrected chi connectivity index (χ4v) is 3.47. The zero-order valence-corrected chi connectivity index (χ0v) is 6.79. The second-order valence-corrected chi connectivity index (χ2v) is 4.36. The number of amides is 1. The number of hydrogen-bond donors (Lipinski definition) is 0. The van der Waals surface area contributed by atoms with E-state index in [0.29, 0.717) is 17.9 Å². The molecule has 0 aromatic heterocycles. The summed E-state index contributed by atoms with van der Waals surface area (Å²) in [5.41, 5.74) is 0. The van der Waals surface area contributed by atoms with Crippen LogP contribution in [0.4, 0.5) is 0 Å². The minimum Gasteiger partial charge on any atom is -0.342 e. The van der Waals surface area contributed by atoms with Gasteiger partial charge in [-0.1, -0.05) is 0 Å². The van der Waals surface area contributed by atoms with Crippen molar-refractivity contribution in [3.63, 3.8) is 0 Å². The van der Waals surface area contributed by atoms with Crippen LogP contribution in [0.25, 0.3) is 0 Å². The summed E-state index contributed by atoms with van der Waals surface area (Å²) in [7, 11) is 1.98. The second-order valence-electron chi connectivity index (χ2n) is 4.36. The molecule has 0 N–H and O–H groups in total. The van der Waals surface area contributed by atoms with Crippen LogP contribution < -0.4 is 0 Å². The first-order chi connectivity index (χ1) is 5.27. The van der Waals surface area contributed by atoms with Crippen molar-refractivity contribution in [2.24, 2.45) is 17.8 Å². The van der Waals surface area contributed by atoms with Crippen LogP contribution in [0.3, 0.4) is 0 Å². The molecule has 0 spiro atoms. The molecular formula is C9H13NO. The quantitative estimate of drug-likeness (QED) is 0.503. The van der Waals surface area contributed by atoms with Crippen LogP contribution in [-0.4, -0.2) is 23.9 Å². The van der Waals surface area contributed by atoms with E-state index >= 15 is 0 Å². The molecule has 0 aromatic rings. The predicted octanol–water partition coefficient (Wildman–Crippen LogP) is 0.873. The first kappa shape index (κ1) is 6.04. The topological polar surface area (TPSA) is 20.3 Å². The van der Waals surface area contributed by atoms with Crippen molar-refractivity contribution in [1.29, 1.82) is 0 Å². The lowest BCUT2D eigenvalue weighted by Gasteiger charge is -2.19. The highest BCUT2D eigenvalue weighted by Gasteiger charge is 2.56. The van der Waals surface area contributed by atoms with Gasteiger partial charge in [0.25, 0.3) is 0 Å². The molecule has 1 saturated heterocycles. The molecule has 3 fully saturated rings. The maximum Gasteiger partial charge on any atom is 0.226 e. The molecule has 11 heavy (non-hydrogen) atoms. The van der Waals surface area contributed by atoms with E-state index in [4.69, 9.17) is 0 Å². The van der Waals surface area contributed by atoms with E-state index in [1.165, 1.54) is 19.3 Å². The molecule has 60 valence electrons. The van der Waals surface area contributed by atoms with E-state index in [1.807, 2.05) is 11.9 Å². The van der Waals surface area contributed by atoms with E-state index in [2.05, 4.69) is 0 Å². The van der Waals surface area contributed by atoms with Crippen LogP contribution in [-0.2, 0) is 4.79 Å². The summed E-state index contributed by atoms with van der Waals surface area (Å²) in [6, 6.07) is 0.631. The molecular weight excluding hydrogens is 138 g/mol. The number of likely N-dealkylation sites (tertiary alicyclic amines) is 1. The molecule has 0 aromatic carbocycles. The molecule has 2 heteroatoms.